The van der Waals surface area contributed by atoms with Gasteiger partial charge in [0.15, 0.2) is 0 Å². The highest BCUT2D eigenvalue weighted by atomic mass is 79.9. The van der Waals surface area contributed by atoms with E-state index in [-0.39, 0.29) is 0 Å². The maximum atomic E-state index is 5.03. The van der Waals surface area contributed by atoms with E-state index in [1.54, 1.807) is 0 Å². The van der Waals surface area contributed by atoms with Crippen LogP contribution in [0.3, 0.4) is 0 Å². The van der Waals surface area contributed by atoms with Crippen molar-refractivity contribution in [3.8, 4) is 0 Å². The van der Waals surface area contributed by atoms with E-state index in [0.29, 0.717) is 11.8 Å². The van der Waals surface area contributed by atoms with Crippen LogP contribution in [0.2, 0.25) is 0 Å². The van der Waals surface area contributed by atoms with Crippen molar-refractivity contribution in [2.75, 3.05) is 13.1 Å². The molecule has 1 saturated heterocycles. The molecule has 0 bridgehead atoms. The van der Waals surface area contributed by atoms with Gasteiger partial charge in [-0.2, -0.15) is 0 Å². The predicted molar refractivity (Wildman–Crippen MR) is 125 cm³/mol. The van der Waals surface area contributed by atoms with E-state index in [0.717, 1.165) is 29.9 Å². The Balaban J connectivity index is 1.72. The summed E-state index contributed by atoms with van der Waals surface area (Å²) in [5.41, 5.74) is 7.82. The molecule has 5 heteroatoms. The molecule has 2 aromatic heterocycles. The number of allylic oxidation sites excluding steroid dienone is 1. The zero-order valence-electron chi connectivity index (χ0n) is 17.5. The van der Waals surface area contributed by atoms with Crippen LogP contribution in [0.5, 0.6) is 0 Å². The fourth-order valence-electron chi connectivity index (χ4n) is 5.01. The van der Waals surface area contributed by atoms with Gasteiger partial charge in [0.25, 0.3) is 0 Å². The minimum absolute atomic E-state index is 0.323. The van der Waals surface area contributed by atoms with Crippen LogP contribution in [0.1, 0.15) is 52.5 Å². The number of nitrogens with zero attached hydrogens (tertiary/aromatic N) is 3. The van der Waals surface area contributed by atoms with Gasteiger partial charge in [0.05, 0.1) is 5.69 Å². The molecule has 3 aromatic rings. The Morgan fingerprint density at radius 1 is 1.13 bits per heavy atom. The van der Waals surface area contributed by atoms with E-state index in [2.05, 4.69) is 81.2 Å². The molecule has 1 aliphatic carbocycles. The summed E-state index contributed by atoms with van der Waals surface area (Å²) in [5, 5.41) is 3.53. The SMILES string of the molecule is Cc1ccc2c(c1)C=C(Cn1ccnc1C)c1cc(Br)cnc1C2C1CCNCC1. The van der Waals surface area contributed by atoms with Crippen LogP contribution in [-0.4, -0.2) is 27.6 Å². The monoisotopic (exact) mass is 462 g/mol. The average molecular weight is 463 g/mol. The molecule has 1 N–H and O–H groups in total. The van der Waals surface area contributed by atoms with Gasteiger partial charge in [0, 0.05) is 41.1 Å². The smallest absolute Gasteiger partial charge is 0.105 e. The van der Waals surface area contributed by atoms with Crippen LogP contribution in [0.4, 0.5) is 0 Å². The van der Waals surface area contributed by atoms with Gasteiger partial charge >= 0.3 is 0 Å². The number of rotatable bonds is 3. The van der Waals surface area contributed by atoms with Crippen LogP contribution in [-0.2, 0) is 6.54 Å². The van der Waals surface area contributed by atoms with E-state index in [1.165, 1.54) is 46.4 Å². The molecular formula is C25H27BrN4. The molecule has 2 aliphatic rings. The van der Waals surface area contributed by atoms with Crippen molar-refractivity contribution in [2.45, 2.75) is 39.2 Å². The van der Waals surface area contributed by atoms with Crippen molar-refractivity contribution < 1.29 is 0 Å². The number of piperidine rings is 1. The standard InChI is InChI=1S/C25H27BrN4/c1-16-3-4-22-19(11-16)12-20(15-30-10-9-28-17(30)2)23-13-21(26)14-29-25(23)24(22)18-5-7-27-8-6-18/h3-4,9-14,18,24,27H,5-8,15H2,1-2H3. The summed E-state index contributed by atoms with van der Waals surface area (Å²) in [4.78, 5) is 9.46. The Hall–Kier alpha value is -2.24. The number of aromatic nitrogens is 3. The van der Waals surface area contributed by atoms with Crippen LogP contribution in [0, 0.1) is 19.8 Å². The van der Waals surface area contributed by atoms with Crippen molar-refractivity contribution in [3.05, 3.63) is 81.1 Å². The van der Waals surface area contributed by atoms with Gasteiger partial charge in [0.1, 0.15) is 5.82 Å². The Morgan fingerprint density at radius 2 is 1.97 bits per heavy atom. The second-order valence-corrected chi connectivity index (χ2v) is 9.47. The molecule has 3 heterocycles. The molecule has 154 valence electrons. The highest BCUT2D eigenvalue weighted by Crippen LogP contribution is 2.44. The molecule has 1 fully saturated rings. The molecule has 0 amide bonds. The van der Waals surface area contributed by atoms with Crippen molar-refractivity contribution in [2.24, 2.45) is 5.92 Å². The molecule has 30 heavy (non-hydrogen) atoms. The van der Waals surface area contributed by atoms with E-state index in [9.17, 15) is 0 Å². The maximum absolute atomic E-state index is 5.03. The van der Waals surface area contributed by atoms with E-state index < -0.39 is 0 Å². The molecular weight excluding hydrogens is 436 g/mol. The summed E-state index contributed by atoms with van der Waals surface area (Å²) in [7, 11) is 0. The Morgan fingerprint density at radius 3 is 2.73 bits per heavy atom. The van der Waals surface area contributed by atoms with Crippen LogP contribution < -0.4 is 5.32 Å². The minimum atomic E-state index is 0.323. The Labute approximate surface area is 186 Å². The predicted octanol–water partition coefficient (Wildman–Crippen LogP) is 5.34. The highest BCUT2D eigenvalue weighted by molar-refractivity contribution is 9.10. The quantitative estimate of drug-likeness (QED) is 0.570. The topological polar surface area (TPSA) is 42.7 Å². The number of hydrogen-bond donors (Lipinski definition) is 1. The van der Waals surface area contributed by atoms with Gasteiger partial charge in [-0.25, -0.2) is 4.98 Å². The van der Waals surface area contributed by atoms with E-state index in [1.807, 2.05) is 12.4 Å². The molecule has 1 atom stereocenters. The van der Waals surface area contributed by atoms with Crippen molar-refractivity contribution >= 4 is 27.6 Å². The first-order valence-corrected chi connectivity index (χ1v) is 11.5. The lowest BCUT2D eigenvalue weighted by molar-refractivity contribution is 0.339. The molecule has 0 spiro atoms. The lowest BCUT2D eigenvalue weighted by Gasteiger charge is -2.32. The first kappa shape index (κ1) is 19.7. The summed E-state index contributed by atoms with van der Waals surface area (Å²) < 4.78 is 3.25. The van der Waals surface area contributed by atoms with Crippen molar-refractivity contribution in [1.82, 2.24) is 19.9 Å². The molecule has 5 rings (SSSR count). The van der Waals surface area contributed by atoms with Crippen LogP contribution in [0.15, 0.2) is 47.3 Å². The van der Waals surface area contributed by atoms with Crippen molar-refractivity contribution in [1.29, 1.82) is 0 Å². The molecule has 1 aliphatic heterocycles. The zero-order chi connectivity index (χ0) is 20.7. The summed E-state index contributed by atoms with van der Waals surface area (Å²) in [6, 6.07) is 9.19. The van der Waals surface area contributed by atoms with Crippen LogP contribution >= 0.6 is 15.9 Å². The second-order valence-electron chi connectivity index (χ2n) is 8.56. The van der Waals surface area contributed by atoms with Gasteiger partial charge in [0.2, 0.25) is 0 Å². The number of imidazole rings is 1. The van der Waals surface area contributed by atoms with Gasteiger partial charge in [-0.05, 0) is 90.5 Å². The van der Waals surface area contributed by atoms with Crippen LogP contribution in [0.25, 0.3) is 11.6 Å². The fraction of sp³-hybridized carbons (Fsp3) is 0.360. The Bertz CT molecular complexity index is 1110. The maximum Gasteiger partial charge on any atom is 0.105 e. The third-order valence-electron chi connectivity index (χ3n) is 6.55. The number of nitrogens with one attached hydrogen (secondary N) is 1. The Kier molecular flexibility index (Phi) is 5.34. The summed E-state index contributed by atoms with van der Waals surface area (Å²) in [6.07, 6.45) is 10.7. The number of pyridine rings is 1. The van der Waals surface area contributed by atoms with Crippen molar-refractivity contribution in [3.63, 3.8) is 0 Å². The molecule has 4 nitrogen and oxygen atoms in total. The average Bonchev–Trinajstić information content (AvgIpc) is 3.09. The summed E-state index contributed by atoms with van der Waals surface area (Å²) >= 11 is 3.68. The summed E-state index contributed by atoms with van der Waals surface area (Å²) in [5.74, 6) is 1.95. The molecule has 1 aromatic carbocycles. The number of hydrogen-bond acceptors (Lipinski definition) is 3. The summed E-state index contributed by atoms with van der Waals surface area (Å²) in [6.45, 7) is 7.21. The van der Waals surface area contributed by atoms with Gasteiger partial charge in [-0.3, -0.25) is 4.98 Å². The number of benzene rings is 1. The molecule has 0 radical (unpaired) electrons. The normalized spacial score (nSPS) is 19.0. The van der Waals surface area contributed by atoms with Gasteiger partial charge in [-0.15, -0.1) is 0 Å². The van der Waals surface area contributed by atoms with Gasteiger partial charge in [-0.1, -0.05) is 23.8 Å². The first-order valence-electron chi connectivity index (χ1n) is 10.8. The molecule has 1 unspecified atom stereocenters. The highest BCUT2D eigenvalue weighted by Gasteiger charge is 2.33. The molecule has 0 saturated carbocycles. The fourth-order valence-corrected chi connectivity index (χ4v) is 5.34. The lowest BCUT2D eigenvalue weighted by Crippen LogP contribution is -2.32. The van der Waals surface area contributed by atoms with Gasteiger partial charge < -0.3 is 9.88 Å². The zero-order valence-corrected chi connectivity index (χ0v) is 19.1. The number of halogens is 1. The van der Waals surface area contributed by atoms with E-state index >= 15 is 0 Å². The third-order valence-corrected chi connectivity index (χ3v) is 6.99. The minimum Gasteiger partial charge on any atom is -0.331 e. The lowest BCUT2D eigenvalue weighted by atomic mass is 9.76. The number of fused-ring (bicyclic) bond motifs is 2. The van der Waals surface area contributed by atoms with E-state index in [4.69, 9.17) is 4.98 Å². The first-order chi connectivity index (χ1) is 14.6. The second kappa shape index (κ2) is 8.12. The third kappa shape index (κ3) is 3.65. The number of aryl methyl sites for hydroxylation is 2. The largest absolute Gasteiger partial charge is 0.331 e.